The number of hydrogen-bond donors (Lipinski definition) is 1. The molecule has 1 amide bonds. The van der Waals surface area contributed by atoms with E-state index in [0.29, 0.717) is 0 Å². The van der Waals surface area contributed by atoms with Crippen molar-refractivity contribution in [2.45, 2.75) is 19.9 Å². The van der Waals surface area contributed by atoms with Gasteiger partial charge in [0.15, 0.2) is 0 Å². The van der Waals surface area contributed by atoms with Crippen molar-refractivity contribution in [1.29, 1.82) is 0 Å². The van der Waals surface area contributed by atoms with Crippen molar-refractivity contribution in [3.63, 3.8) is 0 Å². The van der Waals surface area contributed by atoms with Crippen LogP contribution in [-0.4, -0.2) is 17.7 Å². The van der Waals surface area contributed by atoms with E-state index >= 15 is 0 Å². The van der Waals surface area contributed by atoms with Crippen LogP contribution in [0, 0.1) is 0 Å². The Morgan fingerprint density at radius 1 is 1.39 bits per heavy atom. The van der Waals surface area contributed by atoms with Gasteiger partial charge in [-0.2, -0.15) is 4.28 Å². The predicted octanol–water partition coefficient (Wildman–Crippen LogP) is 2.71. The Bertz CT molecular complexity index is 470. The highest BCUT2D eigenvalue weighted by molar-refractivity contribution is 7.93. The SMILES string of the molecule is CSON1C(C)=C1c1ccc(C(C)NC=O)cc1. The Labute approximate surface area is 111 Å². The molecule has 96 valence electrons. The van der Waals surface area contributed by atoms with Gasteiger partial charge >= 0.3 is 0 Å². The molecule has 1 unspecified atom stereocenters. The minimum Gasteiger partial charge on any atom is -0.352 e. The molecule has 0 aromatic heterocycles. The molecule has 0 fully saturated rings. The topological polar surface area (TPSA) is 41.3 Å². The molecule has 1 aromatic rings. The van der Waals surface area contributed by atoms with Gasteiger partial charge in [-0.15, -0.1) is 0 Å². The average molecular weight is 264 g/mol. The highest BCUT2D eigenvalue weighted by atomic mass is 32.2. The van der Waals surface area contributed by atoms with E-state index in [4.69, 9.17) is 4.28 Å². The lowest BCUT2D eigenvalue weighted by Crippen LogP contribution is -2.15. The quantitative estimate of drug-likeness (QED) is 0.633. The zero-order chi connectivity index (χ0) is 13.1. The third kappa shape index (κ3) is 2.52. The molecule has 1 aromatic carbocycles. The van der Waals surface area contributed by atoms with E-state index in [2.05, 4.69) is 5.32 Å². The minimum absolute atomic E-state index is 0.0318. The van der Waals surface area contributed by atoms with Crippen molar-refractivity contribution in [3.05, 3.63) is 41.1 Å². The number of carbonyl (C=O) groups excluding carboxylic acids is 1. The summed E-state index contributed by atoms with van der Waals surface area (Å²) in [5.74, 6) is 0. The van der Waals surface area contributed by atoms with Crippen molar-refractivity contribution in [2.24, 2.45) is 0 Å². The maximum absolute atomic E-state index is 10.4. The molecular formula is C13H16N2O2S. The van der Waals surface area contributed by atoms with Crippen molar-refractivity contribution in [1.82, 2.24) is 10.4 Å². The first-order chi connectivity index (χ1) is 8.69. The molecule has 1 heterocycles. The molecule has 4 nitrogen and oxygen atoms in total. The van der Waals surface area contributed by atoms with E-state index < -0.39 is 0 Å². The normalized spacial score (nSPS) is 15.6. The zero-order valence-electron chi connectivity index (χ0n) is 10.6. The van der Waals surface area contributed by atoms with Gasteiger partial charge in [0.05, 0.1) is 17.4 Å². The molecule has 5 heteroatoms. The standard InChI is InChI=1S/C13H16N2O2S/c1-9(14-8-16)11-4-6-12(7-5-11)13-10(2)15(13)17-18-3/h4-9H,1-3H3,(H,14,16). The van der Waals surface area contributed by atoms with Crippen LogP contribution in [0.1, 0.15) is 31.0 Å². The van der Waals surface area contributed by atoms with Gasteiger partial charge in [0.25, 0.3) is 0 Å². The minimum atomic E-state index is 0.0318. The van der Waals surface area contributed by atoms with Crippen molar-refractivity contribution in [3.8, 4) is 0 Å². The van der Waals surface area contributed by atoms with E-state index in [1.807, 2.05) is 49.4 Å². The van der Waals surface area contributed by atoms with Crippen LogP contribution in [0.5, 0.6) is 0 Å². The summed E-state index contributed by atoms with van der Waals surface area (Å²) in [5, 5.41) is 4.55. The van der Waals surface area contributed by atoms with Crippen LogP contribution >= 0.6 is 12.0 Å². The van der Waals surface area contributed by atoms with E-state index in [9.17, 15) is 4.79 Å². The van der Waals surface area contributed by atoms with Gasteiger partial charge in [-0.25, -0.2) is 5.06 Å². The maximum atomic E-state index is 10.4. The molecule has 0 bridgehead atoms. The summed E-state index contributed by atoms with van der Waals surface area (Å²) in [6.07, 6.45) is 2.61. The fourth-order valence-electron chi connectivity index (χ4n) is 1.85. The third-order valence-corrected chi connectivity index (χ3v) is 3.25. The summed E-state index contributed by atoms with van der Waals surface area (Å²) >= 11 is 1.32. The Hall–Kier alpha value is -1.46. The lowest BCUT2D eigenvalue weighted by Gasteiger charge is -2.10. The first-order valence-corrected chi connectivity index (χ1v) is 6.85. The monoisotopic (exact) mass is 264 g/mol. The number of nitrogens with one attached hydrogen (secondary N) is 1. The summed E-state index contributed by atoms with van der Waals surface area (Å²) < 4.78 is 5.37. The van der Waals surface area contributed by atoms with E-state index in [-0.39, 0.29) is 6.04 Å². The van der Waals surface area contributed by atoms with Crippen molar-refractivity contribution < 1.29 is 9.08 Å². The molecule has 2 rings (SSSR count). The molecule has 1 N–H and O–H groups in total. The molecule has 1 atom stereocenters. The number of benzene rings is 1. The van der Waals surface area contributed by atoms with Gasteiger partial charge < -0.3 is 5.32 Å². The number of allylic oxidation sites excluding steroid dienone is 1. The van der Waals surface area contributed by atoms with Gasteiger partial charge in [-0.3, -0.25) is 4.79 Å². The highest BCUT2D eigenvalue weighted by Gasteiger charge is 2.32. The lowest BCUT2D eigenvalue weighted by atomic mass is 10.1. The van der Waals surface area contributed by atoms with Crippen LogP contribution in [0.4, 0.5) is 0 Å². The summed E-state index contributed by atoms with van der Waals surface area (Å²) in [5.41, 5.74) is 4.47. The van der Waals surface area contributed by atoms with Crippen LogP contribution in [0.15, 0.2) is 30.0 Å². The van der Waals surface area contributed by atoms with Gasteiger partial charge in [0.2, 0.25) is 6.41 Å². The molecule has 0 aliphatic carbocycles. The molecular weight excluding hydrogens is 248 g/mol. The Balaban J connectivity index is 2.07. The van der Waals surface area contributed by atoms with Crippen LogP contribution in [-0.2, 0) is 9.08 Å². The molecule has 1 aliphatic heterocycles. The summed E-state index contributed by atoms with van der Waals surface area (Å²) in [4.78, 5) is 10.4. The van der Waals surface area contributed by atoms with Gasteiger partial charge in [-0.1, -0.05) is 24.3 Å². The van der Waals surface area contributed by atoms with E-state index in [1.54, 1.807) is 0 Å². The second-order valence-corrected chi connectivity index (χ2v) is 4.58. The summed E-state index contributed by atoms with van der Waals surface area (Å²) in [6, 6.07) is 8.16. The largest absolute Gasteiger partial charge is 0.352 e. The number of nitrogens with zero attached hydrogens (tertiary/aromatic N) is 1. The Morgan fingerprint density at radius 3 is 2.61 bits per heavy atom. The van der Waals surface area contributed by atoms with Gasteiger partial charge in [0.1, 0.15) is 0 Å². The predicted molar refractivity (Wildman–Crippen MR) is 73.1 cm³/mol. The fourth-order valence-corrected chi connectivity index (χ4v) is 2.19. The molecule has 1 aliphatic rings. The highest BCUT2D eigenvalue weighted by Crippen LogP contribution is 2.41. The summed E-state index contributed by atoms with van der Waals surface area (Å²) in [7, 11) is 0. The van der Waals surface area contributed by atoms with Gasteiger partial charge in [0, 0.05) is 23.9 Å². The third-order valence-electron chi connectivity index (χ3n) is 2.95. The molecule has 0 saturated heterocycles. The lowest BCUT2D eigenvalue weighted by molar-refractivity contribution is -0.110. The second-order valence-electron chi connectivity index (χ2n) is 4.10. The first kappa shape index (κ1) is 13.0. The number of rotatable bonds is 6. The zero-order valence-corrected chi connectivity index (χ0v) is 11.5. The first-order valence-electron chi connectivity index (χ1n) is 5.71. The van der Waals surface area contributed by atoms with Crippen LogP contribution < -0.4 is 5.32 Å². The maximum Gasteiger partial charge on any atom is 0.207 e. The molecule has 0 spiro atoms. The smallest absolute Gasteiger partial charge is 0.207 e. The van der Waals surface area contributed by atoms with Crippen LogP contribution in [0.2, 0.25) is 0 Å². The Morgan fingerprint density at radius 2 is 2.06 bits per heavy atom. The fraction of sp³-hybridized carbons (Fsp3) is 0.308. The van der Waals surface area contributed by atoms with Crippen molar-refractivity contribution in [2.75, 3.05) is 6.26 Å². The van der Waals surface area contributed by atoms with Crippen LogP contribution in [0.25, 0.3) is 5.70 Å². The van der Waals surface area contributed by atoms with Gasteiger partial charge in [-0.05, 0) is 19.4 Å². The number of carbonyl (C=O) groups is 1. The number of amides is 1. The number of hydrogen-bond acceptors (Lipinski definition) is 4. The van der Waals surface area contributed by atoms with E-state index in [0.717, 1.165) is 28.9 Å². The summed E-state index contributed by atoms with van der Waals surface area (Å²) in [6.45, 7) is 3.98. The molecule has 18 heavy (non-hydrogen) atoms. The van der Waals surface area contributed by atoms with E-state index in [1.165, 1.54) is 12.0 Å². The Kier molecular flexibility index (Phi) is 3.93. The van der Waals surface area contributed by atoms with Crippen molar-refractivity contribution >= 4 is 24.1 Å². The number of hydroxylamine groups is 2. The van der Waals surface area contributed by atoms with Crippen LogP contribution in [0.3, 0.4) is 0 Å². The average Bonchev–Trinajstić information content (AvgIpc) is 3.01. The molecule has 0 radical (unpaired) electrons. The molecule has 0 saturated carbocycles. The second kappa shape index (κ2) is 5.46.